The van der Waals surface area contributed by atoms with Gasteiger partial charge < -0.3 is 19.4 Å². The van der Waals surface area contributed by atoms with Gasteiger partial charge in [0.1, 0.15) is 11.5 Å². The number of amides is 1. The van der Waals surface area contributed by atoms with Crippen LogP contribution in [-0.4, -0.2) is 26.1 Å². The number of fused-ring (bicyclic) bond motifs is 1. The second-order valence-electron chi connectivity index (χ2n) is 5.80. The molecule has 1 amide bonds. The summed E-state index contributed by atoms with van der Waals surface area (Å²) in [6.45, 7) is 3.09. The molecule has 5 heteroatoms. The summed E-state index contributed by atoms with van der Waals surface area (Å²) in [7, 11) is 1.67. The Balaban J connectivity index is 1.71. The molecule has 1 atom stereocenters. The predicted octanol–water partition coefficient (Wildman–Crippen LogP) is 2.92. The first-order chi connectivity index (χ1) is 11.2. The predicted molar refractivity (Wildman–Crippen MR) is 88.8 cm³/mol. The Morgan fingerprint density at radius 2 is 2.26 bits per heavy atom. The minimum Gasteiger partial charge on any atom is -0.495 e. The number of nitrogens with zero attached hydrogens (tertiary/aromatic N) is 1. The molecule has 1 aromatic heterocycles. The lowest BCUT2D eigenvalue weighted by molar-refractivity contribution is -0.120. The monoisotopic (exact) mass is 314 g/mol. The van der Waals surface area contributed by atoms with Crippen molar-refractivity contribution in [3.05, 3.63) is 47.9 Å². The third kappa shape index (κ3) is 3.33. The van der Waals surface area contributed by atoms with E-state index in [-0.39, 0.29) is 11.9 Å². The van der Waals surface area contributed by atoms with Crippen LogP contribution >= 0.6 is 0 Å². The maximum atomic E-state index is 12.4. The minimum atomic E-state index is -0.139. The normalized spacial score (nSPS) is 15.0. The highest BCUT2D eigenvalue weighted by Crippen LogP contribution is 2.35. The summed E-state index contributed by atoms with van der Waals surface area (Å²) in [5.41, 5.74) is 2.28. The van der Waals surface area contributed by atoms with E-state index in [0.717, 1.165) is 36.6 Å². The number of carbonyl (C=O) groups excluding carboxylic acids is 1. The second-order valence-corrected chi connectivity index (χ2v) is 5.80. The van der Waals surface area contributed by atoms with Crippen molar-refractivity contribution >= 4 is 11.6 Å². The van der Waals surface area contributed by atoms with Crippen molar-refractivity contribution in [2.75, 3.05) is 25.1 Å². The number of rotatable bonds is 5. The molecule has 1 aliphatic rings. The minimum absolute atomic E-state index is 0.0207. The van der Waals surface area contributed by atoms with E-state index in [0.29, 0.717) is 6.54 Å². The van der Waals surface area contributed by atoms with Crippen LogP contribution in [0, 0.1) is 0 Å². The number of furan rings is 1. The molecule has 0 fully saturated rings. The fourth-order valence-electron chi connectivity index (χ4n) is 3.09. The molecule has 3 rings (SSSR count). The molecule has 0 radical (unpaired) electrons. The molecule has 1 aromatic carbocycles. The van der Waals surface area contributed by atoms with Gasteiger partial charge in [0.2, 0.25) is 5.91 Å². The second kappa shape index (κ2) is 6.77. The Morgan fingerprint density at radius 1 is 1.39 bits per heavy atom. The van der Waals surface area contributed by atoms with Gasteiger partial charge in [-0.2, -0.15) is 0 Å². The summed E-state index contributed by atoms with van der Waals surface area (Å²) in [6, 6.07) is 9.60. The summed E-state index contributed by atoms with van der Waals surface area (Å²) in [5.74, 6) is 1.57. The molecule has 2 heterocycles. The van der Waals surface area contributed by atoms with Gasteiger partial charge in [-0.05, 0) is 43.5 Å². The van der Waals surface area contributed by atoms with E-state index < -0.39 is 0 Å². The molecule has 122 valence electrons. The van der Waals surface area contributed by atoms with Crippen molar-refractivity contribution < 1.29 is 13.9 Å². The lowest BCUT2D eigenvalue weighted by Crippen LogP contribution is -2.40. The largest absolute Gasteiger partial charge is 0.495 e. The van der Waals surface area contributed by atoms with Crippen LogP contribution in [0.4, 0.5) is 5.69 Å². The van der Waals surface area contributed by atoms with E-state index in [1.807, 2.05) is 31.2 Å². The van der Waals surface area contributed by atoms with Gasteiger partial charge in [0.15, 0.2) is 0 Å². The zero-order valence-corrected chi connectivity index (χ0v) is 13.5. The first-order valence-corrected chi connectivity index (χ1v) is 7.92. The van der Waals surface area contributed by atoms with E-state index in [2.05, 4.69) is 16.3 Å². The van der Waals surface area contributed by atoms with Crippen LogP contribution in [0.5, 0.6) is 5.75 Å². The van der Waals surface area contributed by atoms with Gasteiger partial charge >= 0.3 is 0 Å². The Bertz CT molecular complexity index is 653. The summed E-state index contributed by atoms with van der Waals surface area (Å²) >= 11 is 0. The first kappa shape index (κ1) is 15.5. The smallest absolute Gasteiger partial charge is 0.240 e. The zero-order valence-electron chi connectivity index (χ0n) is 13.5. The molecular weight excluding hydrogens is 292 g/mol. The number of aryl methyl sites for hydroxylation is 1. The number of ether oxygens (including phenoxy) is 1. The number of hydrogen-bond donors (Lipinski definition) is 1. The molecule has 0 spiro atoms. The van der Waals surface area contributed by atoms with Crippen LogP contribution in [-0.2, 0) is 11.2 Å². The van der Waals surface area contributed by atoms with Crippen LogP contribution in [0.3, 0.4) is 0 Å². The van der Waals surface area contributed by atoms with Gasteiger partial charge in [-0.3, -0.25) is 4.79 Å². The van der Waals surface area contributed by atoms with Crippen LogP contribution in [0.25, 0.3) is 0 Å². The average Bonchev–Trinajstić information content (AvgIpc) is 3.09. The average molecular weight is 314 g/mol. The van der Waals surface area contributed by atoms with Crippen molar-refractivity contribution in [3.63, 3.8) is 0 Å². The van der Waals surface area contributed by atoms with Crippen molar-refractivity contribution in [2.45, 2.75) is 25.8 Å². The van der Waals surface area contributed by atoms with Crippen molar-refractivity contribution in [2.24, 2.45) is 0 Å². The molecule has 0 bridgehead atoms. The maximum absolute atomic E-state index is 12.4. The van der Waals surface area contributed by atoms with Gasteiger partial charge in [0, 0.05) is 6.54 Å². The highest BCUT2D eigenvalue weighted by molar-refractivity contribution is 5.83. The van der Waals surface area contributed by atoms with E-state index in [9.17, 15) is 4.79 Å². The van der Waals surface area contributed by atoms with Crippen LogP contribution in [0.2, 0.25) is 0 Å². The highest BCUT2D eigenvalue weighted by Gasteiger charge is 2.23. The number of carbonyl (C=O) groups is 1. The van der Waals surface area contributed by atoms with Gasteiger partial charge in [-0.25, -0.2) is 0 Å². The number of methoxy groups -OCH3 is 1. The Hall–Kier alpha value is -2.43. The number of benzene rings is 1. The lowest BCUT2D eigenvalue weighted by atomic mass is 10.0. The maximum Gasteiger partial charge on any atom is 0.240 e. The van der Waals surface area contributed by atoms with Crippen molar-refractivity contribution in [3.8, 4) is 5.75 Å². The van der Waals surface area contributed by atoms with E-state index >= 15 is 0 Å². The molecule has 23 heavy (non-hydrogen) atoms. The Kier molecular flexibility index (Phi) is 4.55. The Morgan fingerprint density at radius 3 is 3.00 bits per heavy atom. The zero-order chi connectivity index (χ0) is 16.2. The molecule has 2 aromatic rings. The summed E-state index contributed by atoms with van der Waals surface area (Å²) < 4.78 is 10.8. The number of hydrogen-bond acceptors (Lipinski definition) is 4. The molecule has 1 aliphatic heterocycles. The van der Waals surface area contributed by atoms with E-state index in [1.165, 1.54) is 5.56 Å². The first-order valence-electron chi connectivity index (χ1n) is 7.92. The topological polar surface area (TPSA) is 54.7 Å². The van der Waals surface area contributed by atoms with Crippen LogP contribution < -0.4 is 15.0 Å². The number of nitrogens with one attached hydrogen (secondary N) is 1. The fourth-order valence-corrected chi connectivity index (χ4v) is 3.09. The highest BCUT2D eigenvalue weighted by atomic mass is 16.5. The van der Waals surface area contributed by atoms with Gasteiger partial charge in [-0.1, -0.05) is 12.1 Å². The SMILES string of the molecule is COc1cccc2c1N(CC(=O)N[C@H](C)c1ccco1)CCC2. The molecule has 1 N–H and O–H groups in total. The molecule has 5 nitrogen and oxygen atoms in total. The van der Waals surface area contributed by atoms with E-state index in [4.69, 9.17) is 9.15 Å². The van der Waals surface area contributed by atoms with Crippen LogP contribution in [0.15, 0.2) is 41.0 Å². The molecule has 0 unspecified atom stereocenters. The summed E-state index contributed by atoms with van der Waals surface area (Å²) in [5, 5.41) is 2.98. The third-order valence-corrected chi connectivity index (χ3v) is 4.17. The molecular formula is C18H22N2O3. The Labute approximate surface area is 136 Å². The van der Waals surface area contributed by atoms with Gasteiger partial charge in [0.05, 0.1) is 31.6 Å². The summed E-state index contributed by atoms with van der Waals surface area (Å²) in [4.78, 5) is 14.5. The fraction of sp³-hybridized carbons (Fsp3) is 0.389. The van der Waals surface area contributed by atoms with Gasteiger partial charge in [-0.15, -0.1) is 0 Å². The lowest BCUT2D eigenvalue weighted by Gasteiger charge is -2.32. The van der Waals surface area contributed by atoms with E-state index in [1.54, 1.807) is 13.4 Å². The standard InChI is InChI=1S/C18H22N2O3/c1-13(15-9-5-11-23-15)19-17(21)12-20-10-4-7-14-6-3-8-16(22-2)18(14)20/h3,5-6,8-9,11,13H,4,7,10,12H2,1-2H3,(H,19,21)/t13-/m1/s1. The number of para-hydroxylation sites is 1. The van der Waals surface area contributed by atoms with Crippen molar-refractivity contribution in [1.82, 2.24) is 5.32 Å². The van der Waals surface area contributed by atoms with Crippen molar-refractivity contribution in [1.29, 1.82) is 0 Å². The number of anilines is 1. The molecule has 0 aliphatic carbocycles. The van der Waals surface area contributed by atoms with Gasteiger partial charge in [0.25, 0.3) is 0 Å². The quantitative estimate of drug-likeness (QED) is 0.922. The summed E-state index contributed by atoms with van der Waals surface area (Å²) in [6.07, 6.45) is 3.68. The molecule has 0 saturated carbocycles. The third-order valence-electron chi connectivity index (χ3n) is 4.17. The molecule has 0 saturated heterocycles. The van der Waals surface area contributed by atoms with Crippen LogP contribution in [0.1, 0.15) is 30.7 Å².